The highest BCUT2D eigenvalue weighted by atomic mass is 16.5. The van der Waals surface area contributed by atoms with E-state index in [0.29, 0.717) is 0 Å². The predicted molar refractivity (Wildman–Crippen MR) is 82.7 cm³/mol. The summed E-state index contributed by atoms with van der Waals surface area (Å²) in [6, 6.07) is 8.68. The number of likely N-dealkylation sites (tertiary alicyclic amines) is 1. The monoisotopic (exact) mass is 277 g/mol. The Morgan fingerprint density at radius 2 is 1.90 bits per heavy atom. The molecular weight excluding hydrogens is 250 g/mol. The summed E-state index contributed by atoms with van der Waals surface area (Å²) < 4.78 is 5.32. The first-order valence-electron chi connectivity index (χ1n) is 6.88. The van der Waals surface area contributed by atoms with Crippen LogP contribution in [-0.4, -0.2) is 30.1 Å². The van der Waals surface area contributed by atoms with Gasteiger partial charge in [0, 0.05) is 13.7 Å². The number of nitrogens with zero attached hydrogens (tertiary/aromatic N) is 1. The molecule has 1 unspecified atom stereocenters. The van der Waals surface area contributed by atoms with Crippen molar-refractivity contribution < 1.29 is 9.53 Å². The molecule has 0 aromatic heterocycles. The molecule has 1 saturated heterocycles. The normalized spacial score (nSPS) is 18.8. The van der Waals surface area contributed by atoms with Gasteiger partial charge in [-0.05, 0) is 39.2 Å². The van der Waals surface area contributed by atoms with E-state index in [1.807, 2.05) is 18.7 Å². The minimum Gasteiger partial charge on any atom is -0.369 e. The fourth-order valence-corrected chi connectivity index (χ4v) is 2.58. The highest BCUT2D eigenvalue weighted by Gasteiger charge is 2.38. The van der Waals surface area contributed by atoms with Crippen LogP contribution in [0, 0.1) is 6.92 Å². The lowest BCUT2D eigenvalue weighted by Crippen LogP contribution is -2.46. The Morgan fingerprint density at radius 1 is 1.30 bits per heavy atom. The minimum absolute atomic E-state index is 0. The van der Waals surface area contributed by atoms with Gasteiger partial charge in [0.05, 0.1) is 6.04 Å². The van der Waals surface area contributed by atoms with Crippen molar-refractivity contribution in [2.24, 2.45) is 0 Å². The second kappa shape index (κ2) is 6.40. The van der Waals surface area contributed by atoms with Crippen molar-refractivity contribution in [3.05, 3.63) is 35.4 Å². The molecule has 0 saturated carbocycles. The lowest BCUT2D eigenvalue weighted by Gasteiger charge is -2.32. The summed E-state index contributed by atoms with van der Waals surface area (Å²) >= 11 is 0. The molecule has 1 atom stereocenters. The quantitative estimate of drug-likeness (QED) is 0.842. The summed E-state index contributed by atoms with van der Waals surface area (Å²) in [4.78, 5) is 14.5. The van der Waals surface area contributed by atoms with E-state index in [9.17, 15) is 4.79 Å². The number of methoxy groups -OCH3 is 1. The van der Waals surface area contributed by atoms with Gasteiger partial charge < -0.3 is 9.64 Å². The first-order valence-corrected chi connectivity index (χ1v) is 6.88. The van der Waals surface area contributed by atoms with Gasteiger partial charge in [0.15, 0.2) is 0 Å². The lowest BCUT2D eigenvalue weighted by atomic mass is 10.0. The van der Waals surface area contributed by atoms with Crippen LogP contribution in [0.5, 0.6) is 0 Å². The molecule has 1 fully saturated rings. The van der Waals surface area contributed by atoms with Crippen molar-refractivity contribution in [3.63, 3.8) is 0 Å². The van der Waals surface area contributed by atoms with Crippen LogP contribution in [0.1, 0.15) is 51.3 Å². The van der Waals surface area contributed by atoms with E-state index in [-0.39, 0.29) is 19.4 Å². The molecule has 0 spiro atoms. The van der Waals surface area contributed by atoms with E-state index in [0.717, 1.165) is 19.4 Å². The molecule has 2 rings (SSSR count). The van der Waals surface area contributed by atoms with E-state index < -0.39 is 5.60 Å². The number of benzene rings is 1. The third-order valence-electron chi connectivity index (χ3n) is 4.00. The Morgan fingerprint density at radius 3 is 2.45 bits per heavy atom. The molecule has 1 aliphatic rings. The number of carbonyl (C=O) groups is 1. The zero-order valence-corrected chi connectivity index (χ0v) is 12.3. The number of carbonyl (C=O) groups excluding carboxylic acids is 1. The van der Waals surface area contributed by atoms with Crippen molar-refractivity contribution in [2.45, 2.75) is 52.7 Å². The maximum absolute atomic E-state index is 12.5. The average molecular weight is 277 g/mol. The molecule has 1 amide bonds. The lowest BCUT2D eigenvalue weighted by molar-refractivity contribution is -0.152. The Hall–Kier alpha value is -1.35. The van der Waals surface area contributed by atoms with Crippen LogP contribution in [0.25, 0.3) is 0 Å². The van der Waals surface area contributed by atoms with Gasteiger partial charge in [-0.2, -0.15) is 0 Å². The summed E-state index contributed by atoms with van der Waals surface area (Å²) in [5.41, 5.74) is 1.73. The molecule has 0 aliphatic carbocycles. The van der Waals surface area contributed by atoms with Gasteiger partial charge in [-0.15, -0.1) is 0 Å². The molecule has 3 heteroatoms. The van der Waals surface area contributed by atoms with Crippen LogP contribution in [0.2, 0.25) is 0 Å². The van der Waals surface area contributed by atoms with Gasteiger partial charge in [-0.3, -0.25) is 4.79 Å². The van der Waals surface area contributed by atoms with Crippen molar-refractivity contribution in [3.8, 4) is 0 Å². The van der Waals surface area contributed by atoms with Gasteiger partial charge in [0.25, 0.3) is 5.91 Å². The Balaban J connectivity index is 0.00000200. The molecule has 20 heavy (non-hydrogen) atoms. The van der Waals surface area contributed by atoms with E-state index in [2.05, 4.69) is 31.2 Å². The van der Waals surface area contributed by atoms with Crippen LogP contribution in [0.4, 0.5) is 0 Å². The van der Waals surface area contributed by atoms with Crippen molar-refractivity contribution in [1.82, 2.24) is 4.90 Å². The second-order valence-electron chi connectivity index (χ2n) is 5.78. The molecular formula is C17H27NO2. The zero-order chi connectivity index (χ0) is 14.0. The Bertz CT molecular complexity index is 451. The topological polar surface area (TPSA) is 29.5 Å². The van der Waals surface area contributed by atoms with Crippen LogP contribution < -0.4 is 0 Å². The Labute approximate surface area is 122 Å². The molecule has 1 aromatic carbocycles. The van der Waals surface area contributed by atoms with Crippen LogP contribution in [0.15, 0.2) is 24.3 Å². The molecule has 1 heterocycles. The molecule has 0 radical (unpaired) electrons. The average Bonchev–Trinajstić information content (AvgIpc) is 2.87. The molecule has 1 aromatic rings. The standard InChI is InChI=1S/C16H23NO2.CH4/c1-12-7-9-13(10-8-12)14-6-5-11-17(14)15(18)16(2,3)19-4;/h7-10,14H,5-6,11H2,1-4H3;1H4. The number of aryl methyl sites for hydroxylation is 1. The highest BCUT2D eigenvalue weighted by Crippen LogP contribution is 2.34. The van der Waals surface area contributed by atoms with Gasteiger partial charge >= 0.3 is 0 Å². The number of amides is 1. The summed E-state index contributed by atoms with van der Waals surface area (Å²) in [6.07, 6.45) is 2.10. The third kappa shape index (κ3) is 3.21. The fraction of sp³-hybridized carbons (Fsp3) is 0.588. The van der Waals surface area contributed by atoms with Crippen molar-refractivity contribution in [1.29, 1.82) is 0 Å². The zero-order valence-electron chi connectivity index (χ0n) is 12.3. The highest BCUT2D eigenvalue weighted by molar-refractivity contribution is 5.85. The maximum Gasteiger partial charge on any atom is 0.254 e. The molecule has 0 N–H and O–H groups in total. The van der Waals surface area contributed by atoms with Crippen LogP contribution in [-0.2, 0) is 9.53 Å². The fourth-order valence-electron chi connectivity index (χ4n) is 2.58. The molecule has 3 nitrogen and oxygen atoms in total. The second-order valence-corrected chi connectivity index (χ2v) is 5.78. The van der Waals surface area contributed by atoms with E-state index >= 15 is 0 Å². The summed E-state index contributed by atoms with van der Waals surface area (Å²) in [6.45, 7) is 6.57. The van der Waals surface area contributed by atoms with Gasteiger partial charge in [0.1, 0.15) is 5.60 Å². The summed E-state index contributed by atoms with van der Waals surface area (Å²) in [5.74, 6) is 0.0816. The predicted octanol–water partition coefficient (Wildman–Crippen LogP) is 3.72. The minimum atomic E-state index is -0.743. The first-order chi connectivity index (χ1) is 8.95. The smallest absolute Gasteiger partial charge is 0.254 e. The summed E-state index contributed by atoms with van der Waals surface area (Å²) in [7, 11) is 1.59. The SMILES string of the molecule is C.COC(C)(C)C(=O)N1CCCC1c1ccc(C)cc1. The largest absolute Gasteiger partial charge is 0.369 e. The number of rotatable bonds is 3. The van der Waals surface area contributed by atoms with Gasteiger partial charge in [-0.25, -0.2) is 0 Å². The van der Waals surface area contributed by atoms with Gasteiger partial charge in [-0.1, -0.05) is 37.3 Å². The van der Waals surface area contributed by atoms with Gasteiger partial charge in [0.2, 0.25) is 0 Å². The van der Waals surface area contributed by atoms with E-state index in [1.54, 1.807) is 7.11 Å². The van der Waals surface area contributed by atoms with Crippen molar-refractivity contribution >= 4 is 5.91 Å². The number of ether oxygens (including phenoxy) is 1. The number of hydrogen-bond donors (Lipinski definition) is 0. The van der Waals surface area contributed by atoms with E-state index in [1.165, 1.54) is 11.1 Å². The maximum atomic E-state index is 12.5. The van der Waals surface area contributed by atoms with E-state index in [4.69, 9.17) is 4.74 Å². The Kier molecular flexibility index (Phi) is 5.35. The van der Waals surface area contributed by atoms with Crippen LogP contribution in [0.3, 0.4) is 0 Å². The third-order valence-corrected chi connectivity index (χ3v) is 4.00. The molecule has 112 valence electrons. The molecule has 1 aliphatic heterocycles. The molecule has 0 bridgehead atoms. The van der Waals surface area contributed by atoms with Crippen LogP contribution >= 0.6 is 0 Å². The first kappa shape index (κ1) is 16.7. The van der Waals surface area contributed by atoms with Crippen molar-refractivity contribution in [2.75, 3.05) is 13.7 Å². The number of hydrogen-bond acceptors (Lipinski definition) is 2. The summed E-state index contributed by atoms with van der Waals surface area (Å²) in [5, 5.41) is 0.